The molecular formula is C22H21ClN4O4. The van der Waals surface area contributed by atoms with Gasteiger partial charge in [-0.3, -0.25) is 19.2 Å². The van der Waals surface area contributed by atoms with Crippen molar-refractivity contribution in [1.82, 2.24) is 20.3 Å². The summed E-state index contributed by atoms with van der Waals surface area (Å²) in [6.07, 6.45) is 0.804. The number of fused-ring (bicyclic) bond motifs is 1. The van der Waals surface area contributed by atoms with E-state index in [1.54, 1.807) is 36.4 Å². The fourth-order valence-corrected chi connectivity index (χ4v) is 4.04. The average Bonchev–Trinajstić information content (AvgIpc) is 3.38. The van der Waals surface area contributed by atoms with Crippen LogP contribution in [0.4, 0.5) is 4.79 Å². The monoisotopic (exact) mass is 440 g/mol. The molecule has 1 fully saturated rings. The molecule has 3 aromatic rings. The van der Waals surface area contributed by atoms with Crippen LogP contribution >= 0.6 is 11.6 Å². The Morgan fingerprint density at radius 2 is 1.97 bits per heavy atom. The van der Waals surface area contributed by atoms with Gasteiger partial charge in [0.05, 0.1) is 11.9 Å². The molecule has 1 atom stereocenters. The van der Waals surface area contributed by atoms with Crippen molar-refractivity contribution in [2.24, 2.45) is 0 Å². The lowest BCUT2D eigenvalue weighted by Crippen LogP contribution is -2.50. The summed E-state index contributed by atoms with van der Waals surface area (Å²) < 4.78 is 1.10. The highest BCUT2D eigenvalue weighted by Crippen LogP contribution is 2.23. The minimum Gasteiger partial charge on any atom is -0.464 e. The number of carbonyl (C=O) groups is 3. The maximum absolute atomic E-state index is 13.0. The van der Waals surface area contributed by atoms with Gasteiger partial charge in [-0.05, 0) is 35.7 Å². The summed E-state index contributed by atoms with van der Waals surface area (Å²) in [5.74, 6) is -0.556. The smallest absolute Gasteiger partial charge is 0.416 e. The van der Waals surface area contributed by atoms with Crippen molar-refractivity contribution in [3.8, 4) is 0 Å². The number of aromatic nitrogens is 1. The molecule has 0 radical (unpaired) electrons. The van der Waals surface area contributed by atoms with Gasteiger partial charge in [0.1, 0.15) is 6.04 Å². The predicted molar refractivity (Wildman–Crippen MR) is 116 cm³/mol. The van der Waals surface area contributed by atoms with E-state index in [1.165, 1.54) is 11.2 Å². The van der Waals surface area contributed by atoms with E-state index in [-0.39, 0.29) is 18.2 Å². The average molecular weight is 441 g/mol. The number of amides is 2. The van der Waals surface area contributed by atoms with E-state index >= 15 is 0 Å². The summed E-state index contributed by atoms with van der Waals surface area (Å²) in [5, 5.41) is 14.9. The molecule has 3 N–H and O–H groups in total. The molecule has 0 spiro atoms. The van der Waals surface area contributed by atoms with Crippen molar-refractivity contribution in [3.63, 3.8) is 0 Å². The lowest BCUT2D eigenvalue weighted by atomic mass is 10.1. The van der Waals surface area contributed by atoms with Crippen LogP contribution in [0.25, 0.3) is 10.9 Å². The molecule has 1 aliphatic rings. The van der Waals surface area contributed by atoms with Crippen molar-refractivity contribution in [2.75, 3.05) is 6.54 Å². The molecule has 160 valence electrons. The molecule has 1 unspecified atom stereocenters. The molecule has 0 saturated carbocycles. The molecular weight excluding hydrogens is 420 g/mol. The topological polar surface area (TPSA) is 104 Å². The number of benzene rings is 2. The lowest BCUT2D eigenvalue weighted by Gasteiger charge is -2.23. The van der Waals surface area contributed by atoms with Crippen LogP contribution in [-0.2, 0) is 22.6 Å². The zero-order valence-corrected chi connectivity index (χ0v) is 17.3. The fourth-order valence-electron chi connectivity index (χ4n) is 3.82. The summed E-state index contributed by atoms with van der Waals surface area (Å²) in [7, 11) is 0. The van der Waals surface area contributed by atoms with E-state index < -0.39 is 12.1 Å². The third-order valence-electron chi connectivity index (χ3n) is 5.28. The lowest BCUT2D eigenvalue weighted by molar-refractivity contribution is -0.140. The van der Waals surface area contributed by atoms with E-state index in [2.05, 4.69) is 10.7 Å². The largest absolute Gasteiger partial charge is 0.464 e. The second kappa shape index (κ2) is 8.79. The van der Waals surface area contributed by atoms with E-state index in [4.69, 9.17) is 11.6 Å². The molecule has 2 aromatic carbocycles. The van der Waals surface area contributed by atoms with Gasteiger partial charge in [0.2, 0.25) is 11.8 Å². The first-order chi connectivity index (χ1) is 14.9. The van der Waals surface area contributed by atoms with Gasteiger partial charge in [-0.1, -0.05) is 41.9 Å². The van der Waals surface area contributed by atoms with Crippen LogP contribution in [0.5, 0.6) is 0 Å². The third kappa shape index (κ3) is 4.40. The third-order valence-corrected chi connectivity index (χ3v) is 5.52. The van der Waals surface area contributed by atoms with Crippen molar-refractivity contribution in [1.29, 1.82) is 0 Å². The van der Waals surface area contributed by atoms with Gasteiger partial charge in [-0.25, -0.2) is 10.2 Å². The Labute approximate surface area is 183 Å². The molecule has 0 aliphatic carbocycles. The Bertz CT molecular complexity index is 1160. The maximum atomic E-state index is 13.0. The highest BCUT2D eigenvalue weighted by molar-refractivity contribution is 6.30. The standard InChI is InChI=1S/C22H21ClN4O4/c23-16-5-3-4-14(10-16)12-24-21(29)19-8-9-25-27(19)20(28)11-15-13-26(22(30)31)18-7-2-1-6-17(15)18/h1-7,10,13,19,25H,8-9,11-12H2,(H,24,29)(H,30,31). The van der Waals surface area contributed by atoms with Gasteiger partial charge in [0.25, 0.3) is 0 Å². The quantitative estimate of drug-likeness (QED) is 0.566. The van der Waals surface area contributed by atoms with Gasteiger partial charge < -0.3 is 10.4 Å². The second-order valence-corrected chi connectivity index (χ2v) is 7.76. The molecule has 31 heavy (non-hydrogen) atoms. The highest BCUT2D eigenvalue weighted by Gasteiger charge is 2.34. The van der Waals surface area contributed by atoms with Crippen LogP contribution in [0.15, 0.2) is 54.7 Å². The van der Waals surface area contributed by atoms with E-state index in [0.29, 0.717) is 41.0 Å². The summed E-state index contributed by atoms with van der Waals surface area (Å²) in [5.41, 5.74) is 4.95. The van der Waals surface area contributed by atoms with Crippen LogP contribution < -0.4 is 10.7 Å². The molecule has 1 saturated heterocycles. The van der Waals surface area contributed by atoms with Gasteiger partial charge in [0, 0.05) is 29.7 Å². The predicted octanol–water partition coefficient (Wildman–Crippen LogP) is 2.79. The second-order valence-electron chi connectivity index (χ2n) is 7.32. The number of hydrogen-bond donors (Lipinski definition) is 3. The number of carboxylic acid groups (broad SMARTS) is 1. The summed E-state index contributed by atoms with van der Waals surface area (Å²) in [6.45, 7) is 0.807. The van der Waals surface area contributed by atoms with E-state index in [9.17, 15) is 19.5 Å². The van der Waals surface area contributed by atoms with Crippen LogP contribution in [0.2, 0.25) is 5.02 Å². The molecule has 2 heterocycles. The zero-order valence-electron chi connectivity index (χ0n) is 16.5. The summed E-state index contributed by atoms with van der Waals surface area (Å²) in [6, 6.07) is 13.6. The van der Waals surface area contributed by atoms with Crippen molar-refractivity contribution >= 4 is 40.4 Å². The Morgan fingerprint density at radius 1 is 1.16 bits per heavy atom. The molecule has 0 bridgehead atoms. The number of nitrogens with one attached hydrogen (secondary N) is 2. The molecule has 4 rings (SSSR count). The van der Waals surface area contributed by atoms with Crippen LogP contribution in [0.3, 0.4) is 0 Å². The Morgan fingerprint density at radius 3 is 2.74 bits per heavy atom. The fraction of sp³-hybridized carbons (Fsp3) is 0.227. The minimum atomic E-state index is -1.12. The van der Waals surface area contributed by atoms with Crippen LogP contribution in [0.1, 0.15) is 17.5 Å². The number of halogens is 1. The van der Waals surface area contributed by atoms with Gasteiger partial charge in [-0.15, -0.1) is 0 Å². The minimum absolute atomic E-state index is 0.0220. The van der Waals surface area contributed by atoms with Gasteiger partial charge >= 0.3 is 6.09 Å². The number of para-hydroxylation sites is 1. The molecule has 1 aliphatic heterocycles. The van der Waals surface area contributed by atoms with Crippen molar-refractivity contribution < 1.29 is 19.5 Å². The highest BCUT2D eigenvalue weighted by atomic mass is 35.5. The number of hydrazine groups is 1. The number of hydrogen-bond acceptors (Lipinski definition) is 4. The maximum Gasteiger partial charge on any atom is 0.416 e. The van der Waals surface area contributed by atoms with Gasteiger partial charge in [0.15, 0.2) is 0 Å². The molecule has 9 heteroatoms. The number of carbonyl (C=O) groups excluding carboxylic acids is 2. The first-order valence-electron chi connectivity index (χ1n) is 9.84. The number of nitrogens with zero attached hydrogens (tertiary/aromatic N) is 2. The zero-order chi connectivity index (χ0) is 22.0. The van der Waals surface area contributed by atoms with Crippen molar-refractivity contribution in [2.45, 2.75) is 25.4 Å². The number of rotatable bonds is 5. The van der Waals surface area contributed by atoms with Crippen molar-refractivity contribution in [3.05, 3.63) is 70.9 Å². The Balaban J connectivity index is 1.46. The van der Waals surface area contributed by atoms with E-state index in [1.807, 2.05) is 12.1 Å². The molecule has 1 aromatic heterocycles. The normalized spacial score (nSPS) is 15.9. The van der Waals surface area contributed by atoms with Gasteiger partial charge in [-0.2, -0.15) is 0 Å². The van der Waals surface area contributed by atoms with Crippen LogP contribution in [-0.4, -0.2) is 45.2 Å². The molecule has 8 nitrogen and oxygen atoms in total. The van der Waals surface area contributed by atoms with Crippen LogP contribution in [0, 0.1) is 0 Å². The summed E-state index contributed by atoms with van der Waals surface area (Å²) >= 11 is 5.98. The SMILES string of the molecule is O=C(NCc1cccc(Cl)c1)C1CCNN1C(=O)Cc1cn(C(=O)O)c2ccccc12. The Hall–Kier alpha value is -3.36. The van der Waals surface area contributed by atoms with E-state index in [0.717, 1.165) is 10.1 Å². The summed E-state index contributed by atoms with van der Waals surface area (Å²) in [4.78, 5) is 37.2. The first-order valence-corrected chi connectivity index (χ1v) is 10.2. The first kappa shape index (κ1) is 20.9. The molecule has 2 amide bonds. The Kier molecular flexibility index (Phi) is 5.92.